The van der Waals surface area contributed by atoms with E-state index in [9.17, 15) is 9.59 Å². The molecule has 2 heterocycles. The standard InChI is InChI=1S/C17H26ClN5O3/c1-17(2,3)26-16(25)23-8-6-5-7-11(10-23)20-12-9-13(18)21-22-14(12)15(24)19-4/h9,11H,5-8,10H2,1-4H3,(H,19,24)(H,20,21). The molecular formula is C17H26ClN5O3. The first kappa shape index (κ1) is 20.2. The van der Waals surface area contributed by atoms with E-state index < -0.39 is 5.60 Å². The van der Waals surface area contributed by atoms with Crippen molar-refractivity contribution in [3.8, 4) is 0 Å². The lowest BCUT2D eigenvalue weighted by atomic mass is 10.1. The van der Waals surface area contributed by atoms with Crippen LogP contribution in [0.1, 0.15) is 50.5 Å². The van der Waals surface area contributed by atoms with Gasteiger partial charge in [-0.1, -0.05) is 11.6 Å². The number of carbonyl (C=O) groups is 2. The quantitative estimate of drug-likeness (QED) is 0.833. The van der Waals surface area contributed by atoms with E-state index in [1.54, 1.807) is 11.0 Å². The number of amides is 2. The summed E-state index contributed by atoms with van der Waals surface area (Å²) < 4.78 is 5.48. The maximum Gasteiger partial charge on any atom is 0.410 e. The summed E-state index contributed by atoms with van der Waals surface area (Å²) in [6.45, 7) is 6.66. The zero-order valence-corrected chi connectivity index (χ0v) is 16.4. The second-order valence-electron chi connectivity index (χ2n) is 7.27. The van der Waals surface area contributed by atoms with Gasteiger partial charge in [0.05, 0.1) is 5.69 Å². The summed E-state index contributed by atoms with van der Waals surface area (Å²) in [5.41, 5.74) is 0.131. The first-order valence-corrected chi connectivity index (χ1v) is 9.07. The molecular weight excluding hydrogens is 358 g/mol. The molecule has 2 rings (SSSR count). The van der Waals surface area contributed by atoms with E-state index in [2.05, 4.69) is 20.8 Å². The normalized spacial score (nSPS) is 18.0. The maximum absolute atomic E-state index is 12.4. The minimum atomic E-state index is -0.540. The largest absolute Gasteiger partial charge is 0.444 e. The van der Waals surface area contributed by atoms with Gasteiger partial charge in [-0.15, -0.1) is 10.2 Å². The van der Waals surface area contributed by atoms with Gasteiger partial charge in [0.2, 0.25) is 0 Å². The van der Waals surface area contributed by atoms with Gasteiger partial charge in [0.15, 0.2) is 10.8 Å². The molecule has 9 heteroatoms. The second-order valence-corrected chi connectivity index (χ2v) is 7.66. The number of hydrogen-bond donors (Lipinski definition) is 2. The number of nitrogens with zero attached hydrogens (tertiary/aromatic N) is 3. The molecule has 0 spiro atoms. The first-order chi connectivity index (χ1) is 12.2. The Bertz CT molecular complexity index is 662. The molecule has 0 aliphatic carbocycles. The highest BCUT2D eigenvalue weighted by Crippen LogP contribution is 2.22. The summed E-state index contributed by atoms with van der Waals surface area (Å²) in [5.74, 6) is -0.353. The number of anilines is 1. The van der Waals surface area contributed by atoms with Crippen LogP contribution in [0.3, 0.4) is 0 Å². The summed E-state index contributed by atoms with van der Waals surface area (Å²) in [7, 11) is 1.53. The van der Waals surface area contributed by atoms with Crippen LogP contribution >= 0.6 is 11.6 Å². The van der Waals surface area contributed by atoms with Gasteiger partial charge in [0.25, 0.3) is 5.91 Å². The van der Waals surface area contributed by atoms with Crippen molar-refractivity contribution < 1.29 is 14.3 Å². The molecule has 1 aromatic heterocycles. The third-order valence-corrected chi connectivity index (χ3v) is 4.07. The van der Waals surface area contributed by atoms with Crippen LogP contribution in [0.15, 0.2) is 6.07 Å². The van der Waals surface area contributed by atoms with Crippen LogP contribution in [0, 0.1) is 0 Å². The van der Waals surface area contributed by atoms with Crippen LogP contribution in [-0.2, 0) is 4.74 Å². The summed E-state index contributed by atoms with van der Waals surface area (Å²) in [6.07, 6.45) is 2.38. The molecule has 1 atom stereocenters. The fourth-order valence-corrected chi connectivity index (χ4v) is 2.88. The van der Waals surface area contributed by atoms with E-state index in [-0.39, 0.29) is 28.9 Å². The molecule has 2 N–H and O–H groups in total. The highest BCUT2D eigenvalue weighted by molar-refractivity contribution is 6.29. The minimum Gasteiger partial charge on any atom is -0.444 e. The molecule has 1 aromatic rings. The average Bonchev–Trinajstić information content (AvgIpc) is 2.78. The molecule has 144 valence electrons. The molecule has 1 unspecified atom stereocenters. The number of rotatable bonds is 3. The molecule has 8 nitrogen and oxygen atoms in total. The van der Waals surface area contributed by atoms with Crippen molar-refractivity contribution in [1.29, 1.82) is 0 Å². The van der Waals surface area contributed by atoms with Crippen LogP contribution in [0.5, 0.6) is 0 Å². The highest BCUT2D eigenvalue weighted by atomic mass is 35.5. The van der Waals surface area contributed by atoms with Gasteiger partial charge in [0.1, 0.15) is 5.60 Å². The molecule has 0 bridgehead atoms. The van der Waals surface area contributed by atoms with Crippen LogP contribution in [0.4, 0.5) is 10.5 Å². The number of ether oxygens (including phenoxy) is 1. The second kappa shape index (κ2) is 8.53. The van der Waals surface area contributed by atoms with Crippen molar-refractivity contribution in [2.24, 2.45) is 0 Å². The number of aromatic nitrogens is 2. The SMILES string of the molecule is CNC(=O)c1nnc(Cl)cc1NC1CCCCN(C(=O)OC(C)(C)C)C1. The molecule has 26 heavy (non-hydrogen) atoms. The van der Waals surface area contributed by atoms with Crippen molar-refractivity contribution >= 4 is 29.3 Å². The van der Waals surface area contributed by atoms with Crippen molar-refractivity contribution in [3.63, 3.8) is 0 Å². The summed E-state index contributed by atoms with van der Waals surface area (Å²) >= 11 is 5.94. The van der Waals surface area contributed by atoms with Gasteiger partial charge in [-0.25, -0.2) is 4.79 Å². The number of halogens is 1. The zero-order chi connectivity index (χ0) is 19.3. The summed E-state index contributed by atoms with van der Waals surface area (Å²) in [5, 5.41) is 13.6. The Kier molecular flexibility index (Phi) is 6.63. The smallest absolute Gasteiger partial charge is 0.410 e. The van der Waals surface area contributed by atoms with Gasteiger partial charge in [-0.05, 0) is 40.0 Å². The summed E-state index contributed by atoms with van der Waals surface area (Å²) in [6, 6.07) is 1.52. The lowest BCUT2D eigenvalue weighted by Gasteiger charge is -2.29. The third-order valence-electron chi connectivity index (χ3n) is 3.89. The Morgan fingerprint density at radius 1 is 1.31 bits per heavy atom. The van der Waals surface area contributed by atoms with Crippen LogP contribution < -0.4 is 10.6 Å². The number of likely N-dealkylation sites (tertiary alicyclic amines) is 1. The fourth-order valence-electron chi connectivity index (χ4n) is 2.74. The molecule has 1 saturated heterocycles. The Morgan fingerprint density at radius 2 is 2.04 bits per heavy atom. The number of nitrogens with one attached hydrogen (secondary N) is 2. The molecule has 0 radical (unpaired) electrons. The molecule has 0 saturated carbocycles. The number of hydrogen-bond acceptors (Lipinski definition) is 6. The van der Waals surface area contributed by atoms with Gasteiger partial charge in [0, 0.05) is 32.2 Å². The van der Waals surface area contributed by atoms with Gasteiger partial charge in [-0.2, -0.15) is 0 Å². The third kappa shape index (κ3) is 5.72. The van der Waals surface area contributed by atoms with Crippen molar-refractivity contribution in [2.45, 2.75) is 51.7 Å². The Labute approximate surface area is 158 Å². The van der Waals surface area contributed by atoms with Gasteiger partial charge in [-0.3, -0.25) is 4.79 Å². The van der Waals surface area contributed by atoms with Crippen LogP contribution in [-0.4, -0.2) is 58.9 Å². The lowest BCUT2D eigenvalue weighted by Crippen LogP contribution is -2.42. The lowest BCUT2D eigenvalue weighted by molar-refractivity contribution is 0.0252. The topological polar surface area (TPSA) is 96.5 Å². The molecule has 2 amide bonds. The van der Waals surface area contributed by atoms with Crippen LogP contribution in [0.25, 0.3) is 0 Å². The molecule has 1 fully saturated rings. The van der Waals surface area contributed by atoms with Gasteiger partial charge < -0.3 is 20.3 Å². The predicted molar refractivity (Wildman–Crippen MR) is 99.5 cm³/mol. The Morgan fingerprint density at radius 3 is 2.69 bits per heavy atom. The monoisotopic (exact) mass is 383 g/mol. The van der Waals surface area contributed by atoms with E-state index >= 15 is 0 Å². The minimum absolute atomic E-state index is 0.0475. The van der Waals surface area contributed by atoms with Crippen molar-refractivity contribution in [3.05, 3.63) is 16.9 Å². The van der Waals surface area contributed by atoms with E-state index in [4.69, 9.17) is 16.3 Å². The van der Waals surface area contributed by atoms with E-state index in [1.165, 1.54) is 7.05 Å². The average molecular weight is 384 g/mol. The predicted octanol–water partition coefficient (Wildman–Crippen LogP) is 2.69. The van der Waals surface area contributed by atoms with E-state index in [0.717, 1.165) is 19.3 Å². The number of carbonyl (C=O) groups excluding carboxylic acids is 2. The van der Waals surface area contributed by atoms with E-state index in [0.29, 0.717) is 18.8 Å². The molecule has 1 aliphatic heterocycles. The molecule has 0 aromatic carbocycles. The van der Waals surface area contributed by atoms with Crippen molar-refractivity contribution in [2.75, 3.05) is 25.5 Å². The Balaban J connectivity index is 2.14. The molecule has 1 aliphatic rings. The van der Waals surface area contributed by atoms with Crippen LogP contribution in [0.2, 0.25) is 5.15 Å². The maximum atomic E-state index is 12.4. The van der Waals surface area contributed by atoms with Crippen molar-refractivity contribution in [1.82, 2.24) is 20.4 Å². The highest BCUT2D eigenvalue weighted by Gasteiger charge is 2.27. The van der Waals surface area contributed by atoms with E-state index in [1.807, 2.05) is 20.8 Å². The summed E-state index contributed by atoms with van der Waals surface area (Å²) in [4.78, 5) is 26.1. The zero-order valence-electron chi connectivity index (χ0n) is 15.6. The first-order valence-electron chi connectivity index (χ1n) is 8.69. The Hall–Kier alpha value is -2.09. The van der Waals surface area contributed by atoms with Gasteiger partial charge >= 0.3 is 6.09 Å². The fraction of sp³-hybridized carbons (Fsp3) is 0.647.